The highest BCUT2D eigenvalue weighted by atomic mass is 32.2. The molecule has 2 heterocycles. The summed E-state index contributed by atoms with van der Waals surface area (Å²) in [6, 6.07) is 12.7. The summed E-state index contributed by atoms with van der Waals surface area (Å²) >= 11 is 0. The molecule has 4 rings (SSSR count). The van der Waals surface area contributed by atoms with Crippen molar-refractivity contribution in [2.75, 3.05) is 5.75 Å². The van der Waals surface area contributed by atoms with Gasteiger partial charge in [0, 0.05) is 10.8 Å². The number of aromatic nitrogens is 4. The number of ketones is 1. The van der Waals surface area contributed by atoms with Crippen molar-refractivity contribution < 1.29 is 13.2 Å². The zero-order chi connectivity index (χ0) is 24.0. The molecule has 0 radical (unpaired) electrons. The molecule has 0 atom stereocenters. The van der Waals surface area contributed by atoms with Gasteiger partial charge in [-0.05, 0) is 48.7 Å². The van der Waals surface area contributed by atoms with Crippen molar-refractivity contribution in [3.05, 3.63) is 76.7 Å². The molecule has 7 nitrogen and oxygen atoms in total. The third-order valence-corrected chi connectivity index (χ3v) is 7.56. The maximum atomic E-state index is 13.4. The average Bonchev–Trinajstić information content (AvgIpc) is 3.37. The number of carbonyl (C=O) groups excluding carboxylic acids is 1. The summed E-state index contributed by atoms with van der Waals surface area (Å²) in [6.07, 6.45) is 1.47. The second-order valence-electron chi connectivity index (χ2n) is 9.46. The van der Waals surface area contributed by atoms with Gasteiger partial charge < -0.3 is 0 Å². The van der Waals surface area contributed by atoms with E-state index in [0.29, 0.717) is 23.1 Å². The Bertz CT molecular complexity index is 1440. The van der Waals surface area contributed by atoms with Gasteiger partial charge in [0.05, 0.1) is 28.8 Å². The second-order valence-corrected chi connectivity index (χ2v) is 11.4. The van der Waals surface area contributed by atoms with E-state index in [1.807, 2.05) is 52.8 Å². The zero-order valence-electron chi connectivity index (χ0n) is 19.5. The molecule has 33 heavy (non-hydrogen) atoms. The molecular formula is C25H28N4O3S. The van der Waals surface area contributed by atoms with Crippen molar-refractivity contribution in [1.82, 2.24) is 20.0 Å². The van der Waals surface area contributed by atoms with Crippen molar-refractivity contribution in [1.29, 1.82) is 0 Å². The SMILES string of the molecule is Cc1cccc(C)c1Cn1nc(C(C)(C)C)cc1C(=O)CS(=O)(=O)c1cccc2[nH]ncc12. The summed E-state index contributed by atoms with van der Waals surface area (Å²) in [5, 5.41) is 11.9. The van der Waals surface area contributed by atoms with Crippen molar-refractivity contribution in [2.24, 2.45) is 0 Å². The molecule has 0 aliphatic heterocycles. The van der Waals surface area contributed by atoms with Gasteiger partial charge in [-0.3, -0.25) is 14.6 Å². The predicted molar refractivity (Wildman–Crippen MR) is 128 cm³/mol. The summed E-state index contributed by atoms with van der Waals surface area (Å²) < 4.78 is 28.1. The number of aryl methyl sites for hydroxylation is 2. The van der Waals surface area contributed by atoms with E-state index in [4.69, 9.17) is 5.10 Å². The summed E-state index contributed by atoms with van der Waals surface area (Å²) in [7, 11) is -3.89. The number of Topliss-reactive ketones (excluding diaryl/α,β-unsaturated/α-hetero) is 1. The fraction of sp³-hybridized carbons (Fsp3) is 0.320. The molecule has 0 saturated heterocycles. The Hall–Kier alpha value is -3.26. The number of hydrogen-bond donors (Lipinski definition) is 1. The Kier molecular flexibility index (Phi) is 5.74. The molecule has 0 fully saturated rings. The van der Waals surface area contributed by atoms with Crippen LogP contribution in [0.4, 0.5) is 0 Å². The lowest BCUT2D eigenvalue weighted by atomic mass is 9.92. The van der Waals surface area contributed by atoms with E-state index in [1.165, 1.54) is 12.3 Å². The van der Waals surface area contributed by atoms with Crippen molar-refractivity contribution >= 4 is 26.5 Å². The number of rotatable bonds is 6. The van der Waals surface area contributed by atoms with Gasteiger partial charge in [-0.2, -0.15) is 10.2 Å². The molecule has 2 aromatic carbocycles. The van der Waals surface area contributed by atoms with Crippen LogP contribution in [0.2, 0.25) is 0 Å². The summed E-state index contributed by atoms with van der Waals surface area (Å²) in [6.45, 7) is 10.5. The quantitative estimate of drug-likeness (QED) is 0.427. The van der Waals surface area contributed by atoms with Gasteiger partial charge in [0.1, 0.15) is 11.4 Å². The lowest BCUT2D eigenvalue weighted by Gasteiger charge is -2.15. The highest BCUT2D eigenvalue weighted by Crippen LogP contribution is 2.26. The molecule has 0 bridgehead atoms. The fourth-order valence-electron chi connectivity index (χ4n) is 3.91. The number of nitrogens with one attached hydrogen (secondary N) is 1. The lowest BCUT2D eigenvalue weighted by molar-refractivity contribution is 0.101. The van der Waals surface area contributed by atoms with E-state index in [2.05, 4.69) is 10.2 Å². The molecular weight excluding hydrogens is 436 g/mol. The lowest BCUT2D eigenvalue weighted by Crippen LogP contribution is -2.21. The molecule has 0 amide bonds. The molecule has 0 unspecified atom stereocenters. The van der Waals surface area contributed by atoms with Gasteiger partial charge >= 0.3 is 0 Å². The smallest absolute Gasteiger partial charge is 0.196 e. The first-order chi connectivity index (χ1) is 15.5. The summed E-state index contributed by atoms with van der Waals surface area (Å²) in [5.41, 5.74) is 4.63. The van der Waals surface area contributed by atoms with Crippen molar-refractivity contribution in [3.8, 4) is 0 Å². The van der Waals surface area contributed by atoms with Gasteiger partial charge in [-0.1, -0.05) is 45.0 Å². The van der Waals surface area contributed by atoms with E-state index in [-0.39, 0.29) is 10.3 Å². The van der Waals surface area contributed by atoms with Gasteiger partial charge in [-0.15, -0.1) is 0 Å². The van der Waals surface area contributed by atoms with E-state index in [9.17, 15) is 13.2 Å². The topological polar surface area (TPSA) is 97.7 Å². The maximum absolute atomic E-state index is 13.4. The fourth-order valence-corrected chi connectivity index (χ4v) is 5.35. The first-order valence-corrected chi connectivity index (χ1v) is 12.4. The zero-order valence-corrected chi connectivity index (χ0v) is 20.3. The third-order valence-electron chi connectivity index (χ3n) is 5.89. The predicted octanol–water partition coefficient (Wildman–Crippen LogP) is 4.38. The Labute approximate surface area is 193 Å². The molecule has 0 spiro atoms. The minimum Gasteiger partial charge on any atom is -0.291 e. The standard InChI is InChI=1S/C25H28N4O3S/c1-16-8-6-9-17(2)19(16)14-29-21(12-24(28-29)25(3,4)5)22(30)15-33(31,32)23-11-7-10-20-18(23)13-26-27-20/h6-13H,14-15H2,1-5H3,(H,26,27). The van der Waals surface area contributed by atoms with Crippen molar-refractivity contribution in [3.63, 3.8) is 0 Å². The number of benzene rings is 2. The van der Waals surface area contributed by atoms with Crippen LogP contribution >= 0.6 is 0 Å². The summed E-state index contributed by atoms with van der Waals surface area (Å²) in [5.74, 6) is -1.12. The van der Waals surface area contributed by atoms with Crippen LogP contribution in [0.15, 0.2) is 53.6 Å². The number of fused-ring (bicyclic) bond motifs is 1. The largest absolute Gasteiger partial charge is 0.291 e. The van der Waals surface area contributed by atoms with Crippen LogP contribution < -0.4 is 0 Å². The molecule has 1 N–H and O–H groups in total. The van der Waals surface area contributed by atoms with Crippen LogP contribution in [0.25, 0.3) is 10.9 Å². The normalized spacial score (nSPS) is 12.4. The number of hydrogen-bond acceptors (Lipinski definition) is 5. The monoisotopic (exact) mass is 464 g/mol. The highest BCUT2D eigenvalue weighted by molar-refractivity contribution is 7.92. The van der Waals surface area contributed by atoms with E-state index >= 15 is 0 Å². The summed E-state index contributed by atoms with van der Waals surface area (Å²) in [4.78, 5) is 13.5. The van der Waals surface area contributed by atoms with Gasteiger partial charge in [0.15, 0.2) is 15.6 Å². The highest BCUT2D eigenvalue weighted by Gasteiger charge is 2.28. The maximum Gasteiger partial charge on any atom is 0.196 e. The Morgan fingerprint density at radius 2 is 1.73 bits per heavy atom. The van der Waals surface area contributed by atoms with Crippen molar-refractivity contribution in [2.45, 2.75) is 51.5 Å². The number of aromatic amines is 1. The van der Waals surface area contributed by atoms with E-state index in [0.717, 1.165) is 22.4 Å². The van der Waals surface area contributed by atoms with Crippen LogP contribution in [0.1, 0.15) is 53.6 Å². The molecule has 172 valence electrons. The number of H-pyrrole nitrogens is 1. The third kappa shape index (κ3) is 4.48. The first kappa shape index (κ1) is 22.9. The van der Waals surface area contributed by atoms with Crippen LogP contribution in [-0.4, -0.2) is 39.9 Å². The molecule has 8 heteroatoms. The van der Waals surface area contributed by atoms with Gasteiger partial charge in [-0.25, -0.2) is 8.42 Å². The van der Waals surface area contributed by atoms with Gasteiger partial charge in [0.25, 0.3) is 0 Å². The molecule has 2 aromatic heterocycles. The molecule has 4 aromatic rings. The number of carbonyl (C=O) groups is 1. The van der Waals surface area contributed by atoms with Crippen LogP contribution in [0.3, 0.4) is 0 Å². The second kappa shape index (κ2) is 8.26. The first-order valence-electron chi connectivity index (χ1n) is 10.8. The van der Waals surface area contributed by atoms with Crippen LogP contribution in [0.5, 0.6) is 0 Å². The average molecular weight is 465 g/mol. The van der Waals surface area contributed by atoms with Crippen LogP contribution in [-0.2, 0) is 21.8 Å². The number of nitrogens with zero attached hydrogens (tertiary/aromatic N) is 3. The minimum atomic E-state index is -3.89. The Morgan fingerprint density at radius 1 is 1.06 bits per heavy atom. The van der Waals surface area contributed by atoms with Crippen LogP contribution in [0, 0.1) is 13.8 Å². The Morgan fingerprint density at radius 3 is 2.39 bits per heavy atom. The Balaban J connectivity index is 1.74. The van der Waals surface area contributed by atoms with E-state index < -0.39 is 21.4 Å². The molecule has 0 saturated carbocycles. The van der Waals surface area contributed by atoms with Gasteiger partial charge in [0.2, 0.25) is 0 Å². The number of sulfone groups is 1. The molecule has 0 aliphatic rings. The molecule has 0 aliphatic carbocycles. The minimum absolute atomic E-state index is 0.0963. The van der Waals surface area contributed by atoms with E-state index in [1.54, 1.807) is 22.9 Å².